The fourth-order valence-electron chi connectivity index (χ4n) is 6.31. The topological polar surface area (TPSA) is 292 Å². The first kappa shape index (κ1) is 52.9. The van der Waals surface area contributed by atoms with Crippen molar-refractivity contribution in [1.82, 2.24) is 15.7 Å². The summed E-state index contributed by atoms with van der Waals surface area (Å²) in [7, 11) is -10.3. The molecule has 1 aliphatic rings. The number of nitrogens with zero attached hydrogens (tertiary/aromatic N) is 4. The molecule has 3 aromatic rings. The molecule has 1 saturated heterocycles. The molecule has 5 N–H and O–H groups in total. The van der Waals surface area contributed by atoms with Gasteiger partial charge in [-0.05, 0) is 60.7 Å². The van der Waals surface area contributed by atoms with Crippen molar-refractivity contribution in [1.29, 1.82) is 0 Å². The lowest BCUT2D eigenvalue weighted by Gasteiger charge is -2.22. The normalized spacial score (nSPS) is 17.7. The number of aryl methyl sites for hydroxylation is 1. The first-order chi connectivity index (χ1) is 29.7. The van der Waals surface area contributed by atoms with Crippen LogP contribution in [0.3, 0.4) is 0 Å². The molecule has 2 aromatic carbocycles. The molecule has 22 heteroatoms. The van der Waals surface area contributed by atoms with Gasteiger partial charge in [0.25, 0.3) is 5.56 Å². The van der Waals surface area contributed by atoms with Crippen LogP contribution in [0.2, 0.25) is 0 Å². The molecule has 20 nitrogen and oxygen atoms in total. The van der Waals surface area contributed by atoms with E-state index in [0.717, 1.165) is 36.7 Å². The summed E-state index contributed by atoms with van der Waals surface area (Å²) in [5.74, 6) is -0.207. The van der Waals surface area contributed by atoms with Crippen LogP contribution in [0.4, 0.5) is 0 Å². The number of phosphoric ester groups is 2. The zero-order valence-corrected chi connectivity index (χ0v) is 37.9. The lowest BCUT2D eigenvalue weighted by Crippen LogP contribution is -2.33. The van der Waals surface area contributed by atoms with E-state index in [1.54, 1.807) is 12.1 Å². The zero-order valence-electron chi connectivity index (χ0n) is 36.1. The van der Waals surface area contributed by atoms with Crippen molar-refractivity contribution in [2.45, 2.75) is 142 Å². The number of hydrogen-bond acceptors (Lipinski definition) is 15. The summed E-state index contributed by atoms with van der Waals surface area (Å²) >= 11 is 0. The second-order valence-electron chi connectivity index (χ2n) is 14.9. The predicted octanol–water partition coefficient (Wildman–Crippen LogP) is 9.57. The van der Waals surface area contributed by atoms with Gasteiger partial charge in [0.2, 0.25) is 0 Å². The van der Waals surface area contributed by atoms with Crippen molar-refractivity contribution in [3.63, 3.8) is 0 Å². The molecule has 1 fully saturated rings. The molecule has 1 aromatic heterocycles. The standard InChI is InChI=1S/C41H57N5O14P2.H3N/c1-4-6-8-9-10-11-12-13-14-16-39(48)58-34-23-19-32(20-24-34)28-56-62(53,55-27-31-17-21-33(22-18-31)57-38(47)15-7-5-2)60-61(51,52)54-29-36-35(44-45-42)25-37(59-36)46-26-30(3)40(49)43-41(46)50;/h17-24,26,35-37H,4-16,25,27-29H2,1-3H3,(H,51,52)(H,43,49,50);1H3/t35?,36-,37-,62?;/m1./s1. The summed E-state index contributed by atoms with van der Waals surface area (Å²) < 4.78 is 66.3. The molecule has 4 rings (SSSR count). The van der Waals surface area contributed by atoms with Crippen LogP contribution in [0.5, 0.6) is 11.5 Å². The molecular weight excluding hydrogens is 862 g/mol. The number of phosphoric acid groups is 2. The van der Waals surface area contributed by atoms with Gasteiger partial charge in [-0.1, -0.05) is 101 Å². The number of nitrogens with one attached hydrogen (secondary N) is 1. The Morgan fingerprint density at radius 1 is 0.825 bits per heavy atom. The molecule has 348 valence electrons. The van der Waals surface area contributed by atoms with Crippen LogP contribution < -0.4 is 26.9 Å². The van der Waals surface area contributed by atoms with Crippen molar-refractivity contribution in [3.05, 3.63) is 103 Å². The minimum absolute atomic E-state index is 0. The molecule has 0 radical (unpaired) electrons. The Kier molecular flexibility index (Phi) is 22.7. The Balaban J connectivity index is 0.0000106. The van der Waals surface area contributed by atoms with Gasteiger partial charge in [0.15, 0.2) is 0 Å². The third kappa shape index (κ3) is 18.7. The molecule has 0 spiro atoms. The number of azide groups is 1. The number of benzene rings is 2. The molecule has 0 amide bonds. The summed E-state index contributed by atoms with van der Waals surface area (Å²) in [5, 5.41) is 3.66. The van der Waals surface area contributed by atoms with Crippen LogP contribution in [-0.4, -0.2) is 45.1 Å². The first-order valence-corrected chi connectivity index (χ1v) is 23.9. The Labute approximate surface area is 366 Å². The maximum atomic E-state index is 14.0. The van der Waals surface area contributed by atoms with E-state index in [0.29, 0.717) is 17.5 Å². The molecule has 0 bridgehead atoms. The number of aromatic nitrogens is 2. The van der Waals surface area contributed by atoms with Gasteiger partial charge in [-0.15, -0.1) is 0 Å². The summed E-state index contributed by atoms with van der Waals surface area (Å²) in [6.07, 6.45) is 11.1. The average molecular weight is 923 g/mol. The number of unbranched alkanes of at least 4 members (excludes halogenated alkanes) is 9. The summed E-state index contributed by atoms with van der Waals surface area (Å²) in [5.41, 5.74) is 8.78. The Bertz CT molecular complexity index is 2160. The van der Waals surface area contributed by atoms with Gasteiger partial charge in [-0.2, -0.15) is 4.31 Å². The summed E-state index contributed by atoms with van der Waals surface area (Å²) in [4.78, 5) is 64.6. The number of aromatic amines is 1. The quantitative estimate of drug-likeness (QED) is 0.0116. The molecule has 0 saturated carbocycles. The Morgan fingerprint density at radius 3 is 1.86 bits per heavy atom. The van der Waals surface area contributed by atoms with Crippen molar-refractivity contribution in [2.75, 3.05) is 6.61 Å². The Hall–Kier alpha value is -4.45. The number of rotatable bonds is 28. The maximum absolute atomic E-state index is 14.0. The van der Waals surface area contributed by atoms with E-state index in [4.69, 9.17) is 37.6 Å². The number of hydrogen-bond donors (Lipinski definition) is 3. The number of ether oxygens (including phenoxy) is 3. The first-order valence-electron chi connectivity index (χ1n) is 20.9. The van der Waals surface area contributed by atoms with Crippen LogP contribution in [-0.2, 0) is 54.6 Å². The third-order valence-electron chi connectivity index (χ3n) is 9.77. The van der Waals surface area contributed by atoms with Crippen LogP contribution in [0, 0.1) is 6.92 Å². The van der Waals surface area contributed by atoms with E-state index in [1.807, 2.05) is 6.92 Å². The van der Waals surface area contributed by atoms with Crippen LogP contribution in [0.1, 0.15) is 127 Å². The number of carbonyl (C=O) groups is 2. The van der Waals surface area contributed by atoms with Gasteiger partial charge in [0.1, 0.15) is 17.7 Å². The van der Waals surface area contributed by atoms with Gasteiger partial charge in [-0.25, -0.2) is 13.9 Å². The number of H-pyrrole nitrogens is 1. The molecule has 2 heterocycles. The summed E-state index contributed by atoms with van der Waals surface area (Å²) in [6, 6.07) is 11.2. The van der Waals surface area contributed by atoms with Gasteiger partial charge in [0.05, 0.1) is 32.0 Å². The van der Waals surface area contributed by atoms with E-state index in [-0.39, 0.29) is 48.4 Å². The highest BCUT2D eigenvalue weighted by Gasteiger charge is 2.42. The Morgan fingerprint density at radius 2 is 1.33 bits per heavy atom. The maximum Gasteiger partial charge on any atom is 0.484 e. The van der Waals surface area contributed by atoms with Gasteiger partial charge in [-0.3, -0.25) is 37.5 Å². The van der Waals surface area contributed by atoms with E-state index >= 15 is 0 Å². The van der Waals surface area contributed by atoms with E-state index in [9.17, 15) is 33.2 Å². The lowest BCUT2D eigenvalue weighted by atomic mass is 10.1. The van der Waals surface area contributed by atoms with Crippen LogP contribution in [0.15, 0.2) is 69.4 Å². The van der Waals surface area contributed by atoms with E-state index in [2.05, 4.69) is 21.9 Å². The van der Waals surface area contributed by atoms with Crippen molar-refractivity contribution in [2.24, 2.45) is 5.11 Å². The largest absolute Gasteiger partial charge is 0.484 e. The summed E-state index contributed by atoms with van der Waals surface area (Å²) in [6.45, 7) is 3.99. The number of esters is 2. The molecule has 63 heavy (non-hydrogen) atoms. The monoisotopic (exact) mass is 922 g/mol. The predicted molar refractivity (Wildman–Crippen MR) is 232 cm³/mol. The molecule has 1 aliphatic heterocycles. The van der Waals surface area contributed by atoms with E-state index in [1.165, 1.54) is 81.6 Å². The smallest absolute Gasteiger partial charge is 0.427 e. The van der Waals surface area contributed by atoms with Gasteiger partial charge < -0.3 is 25.3 Å². The average Bonchev–Trinajstić information content (AvgIpc) is 3.64. The van der Waals surface area contributed by atoms with Crippen molar-refractivity contribution < 1.29 is 55.7 Å². The third-order valence-corrected chi connectivity index (χ3v) is 12.8. The van der Waals surface area contributed by atoms with Crippen LogP contribution >= 0.6 is 15.6 Å². The highest BCUT2D eigenvalue weighted by atomic mass is 31.3. The van der Waals surface area contributed by atoms with Crippen molar-refractivity contribution in [3.8, 4) is 11.5 Å². The van der Waals surface area contributed by atoms with Crippen LogP contribution in [0.25, 0.3) is 10.4 Å². The zero-order chi connectivity index (χ0) is 45.0. The lowest BCUT2D eigenvalue weighted by molar-refractivity contribution is -0.135. The molecular formula is C41H60N6O14P2. The highest BCUT2D eigenvalue weighted by molar-refractivity contribution is 7.61. The molecule has 5 atom stereocenters. The number of carbonyl (C=O) groups excluding carboxylic acids is 2. The highest BCUT2D eigenvalue weighted by Crippen LogP contribution is 2.64. The van der Waals surface area contributed by atoms with E-state index < -0.39 is 71.1 Å². The second-order valence-corrected chi connectivity index (χ2v) is 18.1. The van der Waals surface area contributed by atoms with Crippen molar-refractivity contribution >= 4 is 27.6 Å². The molecule has 0 aliphatic carbocycles. The molecule has 3 unspecified atom stereocenters. The fraction of sp³-hybridized carbons (Fsp3) is 0.561. The van der Waals surface area contributed by atoms with Gasteiger partial charge >= 0.3 is 33.3 Å². The fourth-order valence-corrected chi connectivity index (χ4v) is 8.91. The minimum atomic E-state index is -5.31. The minimum Gasteiger partial charge on any atom is -0.427 e. The second kappa shape index (κ2) is 27.0. The SMILES string of the molecule is CCCCCCCCCCCC(=O)Oc1ccc(COP(=O)(OCc2ccc(OC(=O)CCCC)cc2)OP(=O)(O)OC[C@H]2O[C@@H](n3cc(C)c(=O)[nH]c3=O)CC2N=[N+]=[N-])cc1.N. The van der Waals surface area contributed by atoms with Gasteiger partial charge in [0, 0.05) is 35.9 Å².